The summed E-state index contributed by atoms with van der Waals surface area (Å²) in [6.07, 6.45) is 2.49. The van der Waals surface area contributed by atoms with Gasteiger partial charge in [-0.2, -0.15) is 0 Å². The van der Waals surface area contributed by atoms with E-state index in [2.05, 4.69) is 16.8 Å². The third-order valence-electron chi connectivity index (χ3n) is 3.55. The van der Waals surface area contributed by atoms with Gasteiger partial charge in [0.05, 0.1) is 17.8 Å². The van der Waals surface area contributed by atoms with Crippen LogP contribution in [0.1, 0.15) is 23.8 Å². The SMILES string of the molecule is COc1ccccc1-c1csc([C@H]2CCCNC2)n1. The van der Waals surface area contributed by atoms with Gasteiger partial charge in [0.2, 0.25) is 0 Å². The molecule has 3 nitrogen and oxygen atoms in total. The van der Waals surface area contributed by atoms with E-state index in [9.17, 15) is 0 Å². The van der Waals surface area contributed by atoms with E-state index in [1.807, 2.05) is 18.2 Å². The van der Waals surface area contributed by atoms with Crippen LogP contribution >= 0.6 is 11.3 Å². The molecule has 0 amide bonds. The van der Waals surface area contributed by atoms with Gasteiger partial charge in [0.15, 0.2) is 0 Å². The van der Waals surface area contributed by atoms with Crippen molar-refractivity contribution in [3.63, 3.8) is 0 Å². The van der Waals surface area contributed by atoms with Gasteiger partial charge < -0.3 is 10.1 Å². The predicted octanol–water partition coefficient (Wildman–Crippen LogP) is 3.29. The normalized spacial score (nSPS) is 19.3. The lowest BCUT2D eigenvalue weighted by Crippen LogP contribution is -2.28. The van der Waals surface area contributed by atoms with Gasteiger partial charge in [-0.25, -0.2) is 4.98 Å². The van der Waals surface area contributed by atoms with Crippen molar-refractivity contribution in [2.24, 2.45) is 0 Å². The maximum atomic E-state index is 5.41. The highest BCUT2D eigenvalue weighted by Gasteiger charge is 2.19. The molecule has 0 saturated carbocycles. The van der Waals surface area contributed by atoms with Crippen molar-refractivity contribution in [2.75, 3.05) is 20.2 Å². The van der Waals surface area contributed by atoms with E-state index in [0.717, 1.165) is 30.1 Å². The van der Waals surface area contributed by atoms with Gasteiger partial charge in [-0.1, -0.05) is 12.1 Å². The first-order valence-electron chi connectivity index (χ1n) is 6.68. The van der Waals surface area contributed by atoms with Crippen LogP contribution in [0.5, 0.6) is 5.75 Å². The Bertz CT molecular complexity index is 547. The van der Waals surface area contributed by atoms with Crippen LogP contribution in [0.4, 0.5) is 0 Å². The summed E-state index contributed by atoms with van der Waals surface area (Å²) in [5.41, 5.74) is 2.11. The molecule has 1 atom stereocenters. The number of rotatable bonds is 3. The standard InChI is InChI=1S/C15H18N2OS/c1-18-14-7-3-2-6-12(14)13-10-19-15(17-13)11-5-4-8-16-9-11/h2-3,6-7,10-11,16H,4-5,8-9H2,1H3/t11-/m0/s1. The second-order valence-corrected chi connectivity index (χ2v) is 5.70. The predicted molar refractivity (Wildman–Crippen MR) is 78.9 cm³/mol. The second kappa shape index (κ2) is 5.72. The Balaban J connectivity index is 1.88. The summed E-state index contributed by atoms with van der Waals surface area (Å²) in [5.74, 6) is 1.46. The van der Waals surface area contributed by atoms with E-state index in [0.29, 0.717) is 5.92 Å². The summed E-state index contributed by atoms with van der Waals surface area (Å²) < 4.78 is 5.41. The van der Waals surface area contributed by atoms with Crippen LogP contribution in [-0.2, 0) is 0 Å². The number of nitrogens with zero attached hydrogens (tertiary/aromatic N) is 1. The van der Waals surface area contributed by atoms with Crippen molar-refractivity contribution in [2.45, 2.75) is 18.8 Å². The van der Waals surface area contributed by atoms with E-state index in [1.54, 1.807) is 18.4 Å². The minimum atomic E-state index is 0.571. The molecule has 1 aromatic carbocycles. The summed E-state index contributed by atoms with van der Waals surface area (Å²) >= 11 is 1.76. The Morgan fingerprint density at radius 1 is 1.37 bits per heavy atom. The monoisotopic (exact) mass is 274 g/mol. The molecule has 1 aliphatic heterocycles. The molecule has 0 aliphatic carbocycles. The van der Waals surface area contributed by atoms with Gasteiger partial charge in [0.25, 0.3) is 0 Å². The van der Waals surface area contributed by atoms with Crippen LogP contribution in [0.2, 0.25) is 0 Å². The average Bonchev–Trinajstić information content (AvgIpc) is 2.98. The molecule has 1 N–H and O–H groups in total. The summed E-state index contributed by atoms with van der Waals surface area (Å²) in [6.45, 7) is 2.19. The van der Waals surface area contributed by atoms with Crippen molar-refractivity contribution in [3.8, 4) is 17.0 Å². The smallest absolute Gasteiger partial charge is 0.128 e. The van der Waals surface area contributed by atoms with Gasteiger partial charge in [0.1, 0.15) is 5.75 Å². The van der Waals surface area contributed by atoms with Crippen LogP contribution < -0.4 is 10.1 Å². The molecule has 0 spiro atoms. The second-order valence-electron chi connectivity index (χ2n) is 4.81. The van der Waals surface area contributed by atoms with Crippen molar-refractivity contribution < 1.29 is 4.74 Å². The third kappa shape index (κ3) is 2.65. The highest BCUT2D eigenvalue weighted by atomic mass is 32.1. The van der Waals surface area contributed by atoms with Gasteiger partial charge in [-0.05, 0) is 31.5 Å². The minimum absolute atomic E-state index is 0.571. The molecule has 100 valence electrons. The Labute approximate surface area is 117 Å². The first-order valence-corrected chi connectivity index (χ1v) is 7.56. The lowest BCUT2D eigenvalue weighted by Gasteiger charge is -2.20. The molecule has 2 heterocycles. The average molecular weight is 274 g/mol. The molecule has 0 unspecified atom stereocenters. The molecule has 0 radical (unpaired) electrons. The molecule has 4 heteroatoms. The molecule has 1 saturated heterocycles. The molecule has 1 aromatic heterocycles. The number of ether oxygens (including phenoxy) is 1. The Hall–Kier alpha value is -1.39. The Kier molecular flexibility index (Phi) is 3.80. The maximum Gasteiger partial charge on any atom is 0.128 e. The number of thiazole rings is 1. The Morgan fingerprint density at radius 2 is 2.26 bits per heavy atom. The van der Waals surface area contributed by atoms with Crippen molar-refractivity contribution >= 4 is 11.3 Å². The molecule has 2 aromatic rings. The van der Waals surface area contributed by atoms with E-state index in [1.165, 1.54) is 17.8 Å². The van der Waals surface area contributed by atoms with Gasteiger partial charge in [-0.15, -0.1) is 11.3 Å². The third-order valence-corrected chi connectivity index (χ3v) is 4.56. The van der Waals surface area contributed by atoms with E-state index in [-0.39, 0.29) is 0 Å². The van der Waals surface area contributed by atoms with Crippen molar-refractivity contribution in [1.82, 2.24) is 10.3 Å². The molecular formula is C15H18N2OS. The van der Waals surface area contributed by atoms with E-state index >= 15 is 0 Å². The highest BCUT2D eigenvalue weighted by Crippen LogP contribution is 2.33. The molecule has 1 fully saturated rings. The zero-order valence-electron chi connectivity index (χ0n) is 11.1. The molecule has 1 aliphatic rings. The first-order chi connectivity index (χ1) is 9.38. The molecule has 0 bridgehead atoms. The number of methoxy groups -OCH3 is 1. The van der Waals surface area contributed by atoms with Gasteiger partial charge in [-0.3, -0.25) is 0 Å². The number of benzene rings is 1. The van der Waals surface area contributed by atoms with Crippen molar-refractivity contribution in [3.05, 3.63) is 34.7 Å². The van der Waals surface area contributed by atoms with Gasteiger partial charge >= 0.3 is 0 Å². The van der Waals surface area contributed by atoms with E-state index in [4.69, 9.17) is 9.72 Å². The van der Waals surface area contributed by atoms with Gasteiger partial charge in [0, 0.05) is 23.4 Å². The van der Waals surface area contributed by atoms with E-state index < -0.39 is 0 Å². The number of hydrogen-bond acceptors (Lipinski definition) is 4. The van der Waals surface area contributed by atoms with Crippen LogP contribution in [-0.4, -0.2) is 25.2 Å². The quantitative estimate of drug-likeness (QED) is 0.932. The zero-order valence-corrected chi connectivity index (χ0v) is 11.9. The number of aromatic nitrogens is 1. The number of piperidine rings is 1. The maximum absolute atomic E-state index is 5.41. The number of hydrogen-bond donors (Lipinski definition) is 1. The molecule has 19 heavy (non-hydrogen) atoms. The Morgan fingerprint density at radius 3 is 3.05 bits per heavy atom. The molecular weight excluding hydrogens is 256 g/mol. The lowest BCUT2D eigenvalue weighted by molar-refractivity contribution is 0.416. The fourth-order valence-corrected chi connectivity index (χ4v) is 3.47. The van der Waals surface area contributed by atoms with Crippen LogP contribution in [0.15, 0.2) is 29.6 Å². The minimum Gasteiger partial charge on any atom is -0.496 e. The first kappa shape index (κ1) is 12.6. The number of para-hydroxylation sites is 1. The van der Waals surface area contributed by atoms with Crippen LogP contribution in [0.3, 0.4) is 0 Å². The fourth-order valence-electron chi connectivity index (χ4n) is 2.52. The number of nitrogens with one attached hydrogen (secondary N) is 1. The summed E-state index contributed by atoms with van der Waals surface area (Å²) in [7, 11) is 1.71. The molecule has 3 rings (SSSR count). The summed E-state index contributed by atoms with van der Waals surface area (Å²) in [4.78, 5) is 4.81. The fraction of sp³-hybridized carbons (Fsp3) is 0.400. The highest BCUT2D eigenvalue weighted by molar-refractivity contribution is 7.10. The summed E-state index contributed by atoms with van der Waals surface area (Å²) in [5, 5.41) is 6.83. The largest absolute Gasteiger partial charge is 0.496 e. The summed E-state index contributed by atoms with van der Waals surface area (Å²) in [6, 6.07) is 8.06. The van der Waals surface area contributed by atoms with Crippen LogP contribution in [0.25, 0.3) is 11.3 Å². The topological polar surface area (TPSA) is 34.1 Å². The zero-order chi connectivity index (χ0) is 13.1. The van der Waals surface area contributed by atoms with Crippen LogP contribution in [0, 0.1) is 0 Å². The van der Waals surface area contributed by atoms with Crippen molar-refractivity contribution in [1.29, 1.82) is 0 Å². The lowest BCUT2D eigenvalue weighted by atomic mass is 10.0.